The molecule has 0 radical (unpaired) electrons. The van der Waals surface area contributed by atoms with Crippen LogP contribution in [0.15, 0.2) is 6.20 Å². The molecule has 0 bridgehead atoms. The average Bonchev–Trinajstić information content (AvgIpc) is 2.34. The Hall–Kier alpha value is -0.570. The third kappa shape index (κ3) is 1.46. The summed E-state index contributed by atoms with van der Waals surface area (Å²) in [5.74, 6) is 0.829. The fourth-order valence-corrected chi connectivity index (χ4v) is 2.45. The minimum Gasteiger partial charge on any atom is -0.362 e. The molecule has 0 aliphatic heterocycles. The Bertz CT molecular complexity index is 253. The fraction of sp³-hybridized carbons (Fsp3) is 0.667. The van der Waals surface area contributed by atoms with Crippen LogP contribution in [-0.2, 0) is 0 Å². The summed E-state index contributed by atoms with van der Waals surface area (Å²) in [6.45, 7) is 3.07. The lowest BCUT2D eigenvalue weighted by atomic mass is 9.85. The van der Waals surface area contributed by atoms with Gasteiger partial charge < -0.3 is 5.32 Å². The second-order valence-corrected chi connectivity index (χ2v) is 4.29. The van der Waals surface area contributed by atoms with E-state index in [1.165, 1.54) is 24.1 Å². The van der Waals surface area contributed by atoms with Crippen molar-refractivity contribution in [3.05, 3.63) is 11.1 Å². The molecule has 66 valence electrons. The van der Waals surface area contributed by atoms with Gasteiger partial charge in [0.1, 0.15) is 0 Å². The molecule has 1 N–H and O–H groups in total. The Kier molecular flexibility index (Phi) is 2.30. The number of rotatable bonds is 3. The molecule has 3 heteroatoms. The lowest BCUT2D eigenvalue weighted by Crippen LogP contribution is -2.06. The first-order valence-corrected chi connectivity index (χ1v) is 5.41. The number of anilines is 1. The predicted octanol–water partition coefficient (Wildman–Crippen LogP) is 2.84. The van der Waals surface area contributed by atoms with Crippen molar-refractivity contribution >= 4 is 16.5 Å². The molecule has 0 spiro atoms. The topological polar surface area (TPSA) is 24.9 Å². The van der Waals surface area contributed by atoms with Crippen molar-refractivity contribution in [3.8, 4) is 0 Å². The van der Waals surface area contributed by atoms with Gasteiger partial charge >= 0.3 is 0 Å². The third-order valence-electron chi connectivity index (χ3n) is 2.36. The van der Waals surface area contributed by atoms with Crippen LogP contribution in [0.4, 0.5) is 5.13 Å². The van der Waals surface area contributed by atoms with E-state index in [1.54, 1.807) is 0 Å². The Morgan fingerprint density at radius 1 is 1.67 bits per heavy atom. The molecule has 0 atom stereocenters. The van der Waals surface area contributed by atoms with E-state index in [0.717, 1.165) is 17.6 Å². The van der Waals surface area contributed by atoms with Gasteiger partial charge in [-0.05, 0) is 25.7 Å². The standard InChI is InChI=1S/C9H14N2S/c1-2-10-9-11-6-8(12-9)7-4-3-5-7/h6-7H,2-5H2,1H3,(H,10,11). The SMILES string of the molecule is CCNc1ncc(C2CCC2)s1. The molecular formula is C9H14N2S. The van der Waals surface area contributed by atoms with Crippen molar-refractivity contribution in [1.82, 2.24) is 4.98 Å². The smallest absolute Gasteiger partial charge is 0.182 e. The van der Waals surface area contributed by atoms with Crippen molar-refractivity contribution in [2.24, 2.45) is 0 Å². The van der Waals surface area contributed by atoms with Crippen molar-refractivity contribution < 1.29 is 0 Å². The maximum atomic E-state index is 4.32. The maximum absolute atomic E-state index is 4.32. The van der Waals surface area contributed by atoms with Crippen LogP contribution in [-0.4, -0.2) is 11.5 Å². The van der Waals surface area contributed by atoms with E-state index in [1.807, 2.05) is 17.5 Å². The highest BCUT2D eigenvalue weighted by atomic mass is 32.1. The highest BCUT2D eigenvalue weighted by Gasteiger charge is 2.21. The van der Waals surface area contributed by atoms with Gasteiger partial charge in [-0.25, -0.2) is 4.98 Å². The van der Waals surface area contributed by atoms with Gasteiger partial charge in [0.15, 0.2) is 5.13 Å². The fourth-order valence-electron chi connectivity index (χ4n) is 1.40. The Labute approximate surface area is 77.0 Å². The second kappa shape index (κ2) is 3.44. The molecule has 1 fully saturated rings. The molecule has 12 heavy (non-hydrogen) atoms. The second-order valence-electron chi connectivity index (χ2n) is 3.23. The highest BCUT2D eigenvalue weighted by molar-refractivity contribution is 7.15. The molecule has 2 rings (SSSR count). The van der Waals surface area contributed by atoms with E-state index < -0.39 is 0 Å². The zero-order valence-electron chi connectivity index (χ0n) is 7.34. The van der Waals surface area contributed by atoms with Crippen LogP contribution in [0.25, 0.3) is 0 Å². The quantitative estimate of drug-likeness (QED) is 0.777. The normalized spacial score (nSPS) is 17.4. The number of nitrogens with one attached hydrogen (secondary N) is 1. The van der Waals surface area contributed by atoms with E-state index in [0.29, 0.717) is 0 Å². The van der Waals surface area contributed by atoms with Gasteiger partial charge in [-0.2, -0.15) is 0 Å². The average molecular weight is 182 g/mol. The lowest BCUT2D eigenvalue weighted by Gasteiger charge is -2.23. The minimum absolute atomic E-state index is 0.829. The number of hydrogen-bond acceptors (Lipinski definition) is 3. The predicted molar refractivity (Wildman–Crippen MR) is 52.9 cm³/mol. The number of thiazole rings is 1. The summed E-state index contributed by atoms with van der Waals surface area (Å²) >= 11 is 1.82. The first kappa shape index (κ1) is 8.05. The van der Waals surface area contributed by atoms with Crippen molar-refractivity contribution in [1.29, 1.82) is 0 Å². The Morgan fingerprint density at radius 3 is 3.08 bits per heavy atom. The van der Waals surface area contributed by atoms with Crippen molar-refractivity contribution in [3.63, 3.8) is 0 Å². The maximum Gasteiger partial charge on any atom is 0.182 e. The molecule has 1 saturated carbocycles. The summed E-state index contributed by atoms with van der Waals surface area (Å²) in [6, 6.07) is 0. The Balaban J connectivity index is 2.02. The van der Waals surface area contributed by atoms with Crippen LogP contribution in [0, 0.1) is 0 Å². The molecular weight excluding hydrogens is 168 g/mol. The van der Waals surface area contributed by atoms with E-state index >= 15 is 0 Å². The number of hydrogen-bond donors (Lipinski definition) is 1. The summed E-state index contributed by atoms with van der Waals surface area (Å²) in [7, 11) is 0. The summed E-state index contributed by atoms with van der Waals surface area (Å²) in [4.78, 5) is 5.79. The van der Waals surface area contributed by atoms with Crippen LogP contribution in [0.3, 0.4) is 0 Å². The summed E-state index contributed by atoms with van der Waals surface area (Å²) in [5.41, 5.74) is 0. The van der Waals surface area contributed by atoms with Gasteiger partial charge in [-0.3, -0.25) is 0 Å². The lowest BCUT2D eigenvalue weighted by molar-refractivity contribution is 0.425. The van der Waals surface area contributed by atoms with Gasteiger partial charge in [-0.15, -0.1) is 11.3 Å². The van der Waals surface area contributed by atoms with E-state index in [4.69, 9.17) is 0 Å². The molecule has 1 heterocycles. The third-order valence-corrected chi connectivity index (χ3v) is 3.48. The minimum atomic E-state index is 0.829. The van der Waals surface area contributed by atoms with Gasteiger partial charge in [0.05, 0.1) is 0 Å². The van der Waals surface area contributed by atoms with Gasteiger partial charge in [0.2, 0.25) is 0 Å². The molecule has 1 aromatic rings. The summed E-state index contributed by atoms with van der Waals surface area (Å²) in [6.07, 6.45) is 6.17. The van der Waals surface area contributed by atoms with Gasteiger partial charge in [-0.1, -0.05) is 6.42 Å². The molecule has 0 amide bonds. The molecule has 0 aromatic carbocycles. The molecule has 2 nitrogen and oxygen atoms in total. The van der Waals surface area contributed by atoms with Gasteiger partial charge in [0.25, 0.3) is 0 Å². The molecule has 1 aromatic heterocycles. The van der Waals surface area contributed by atoms with Crippen molar-refractivity contribution in [2.45, 2.75) is 32.1 Å². The largest absolute Gasteiger partial charge is 0.362 e. The highest BCUT2D eigenvalue weighted by Crippen LogP contribution is 2.39. The zero-order valence-corrected chi connectivity index (χ0v) is 8.16. The molecule has 1 aliphatic rings. The van der Waals surface area contributed by atoms with E-state index in [-0.39, 0.29) is 0 Å². The number of aromatic nitrogens is 1. The van der Waals surface area contributed by atoms with Crippen LogP contribution in [0.2, 0.25) is 0 Å². The first-order chi connectivity index (χ1) is 5.90. The Morgan fingerprint density at radius 2 is 2.50 bits per heavy atom. The van der Waals surface area contributed by atoms with E-state index in [2.05, 4.69) is 17.2 Å². The zero-order chi connectivity index (χ0) is 8.39. The van der Waals surface area contributed by atoms with Crippen LogP contribution >= 0.6 is 11.3 Å². The van der Waals surface area contributed by atoms with Crippen LogP contribution in [0.1, 0.15) is 37.0 Å². The molecule has 0 unspecified atom stereocenters. The molecule has 0 saturated heterocycles. The van der Waals surface area contributed by atoms with Crippen LogP contribution < -0.4 is 5.32 Å². The number of nitrogens with zero attached hydrogens (tertiary/aromatic N) is 1. The summed E-state index contributed by atoms with van der Waals surface area (Å²) in [5, 5.41) is 4.32. The van der Waals surface area contributed by atoms with Crippen LogP contribution in [0.5, 0.6) is 0 Å². The van der Waals surface area contributed by atoms with Crippen molar-refractivity contribution in [2.75, 3.05) is 11.9 Å². The van der Waals surface area contributed by atoms with E-state index in [9.17, 15) is 0 Å². The monoisotopic (exact) mass is 182 g/mol. The summed E-state index contributed by atoms with van der Waals surface area (Å²) < 4.78 is 0. The molecule has 1 aliphatic carbocycles. The van der Waals surface area contributed by atoms with Gasteiger partial charge in [0, 0.05) is 17.6 Å². The first-order valence-electron chi connectivity index (χ1n) is 4.59.